The Balaban J connectivity index is 1.76. The van der Waals surface area contributed by atoms with Gasteiger partial charge in [0.25, 0.3) is 0 Å². The van der Waals surface area contributed by atoms with E-state index < -0.39 is 5.97 Å². The van der Waals surface area contributed by atoms with Crippen molar-refractivity contribution < 1.29 is 9.90 Å². The lowest BCUT2D eigenvalue weighted by Crippen LogP contribution is -2.31. The molecule has 1 aromatic heterocycles. The van der Waals surface area contributed by atoms with Crippen LogP contribution in [0.25, 0.3) is 0 Å². The molecule has 0 atom stereocenters. The van der Waals surface area contributed by atoms with E-state index in [1.807, 2.05) is 10.8 Å². The summed E-state index contributed by atoms with van der Waals surface area (Å²) in [6, 6.07) is 0.614. The Labute approximate surface area is 94.7 Å². The van der Waals surface area contributed by atoms with Gasteiger partial charge in [-0.25, -0.2) is 4.98 Å². The molecule has 0 saturated heterocycles. The van der Waals surface area contributed by atoms with Crippen molar-refractivity contribution in [2.75, 3.05) is 13.1 Å². The van der Waals surface area contributed by atoms with Gasteiger partial charge in [0.15, 0.2) is 0 Å². The van der Waals surface area contributed by atoms with Crippen LogP contribution in [0.5, 0.6) is 0 Å². The third-order valence-electron chi connectivity index (χ3n) is 2.88. The number of carbonyl (C=O) groups is 1. The predicted octanol–water partition coefficient (Wildman–Crippen LogP) is 0.822. The fourth-order valence-corrected chi connectivity index (χ4v) is 1.82. The molecule has 1 aromatic rings. The van der Waals surface area contributed by atoms with E-state index in [1.54, 1.807) is 12.5 Å². The summed E-state index contributed by atoms with van der Waals surface area (Å²) in [4.78, 5) is 16.8. The number of hydrogen-bond acceptors (Lipinski definition) is 3. The highest BCUT2D eigenvalue weighted by molar-refractivity contribution is 5.66. The molecule has 88 valence electrons. The summed E-state index contributed by atoms with van der Waals surface area (Å²) < 4.78 is 2.02. The van der Waals surface area contributed by atoms with Crippen molar-refractivity contribution in [2.24, 2.45) is 0 Å². The Morgan fingerprint density at radius 3 is 2.88 bits per heavy atom. The van der Waals surface area contributed by atoms with Gasteiger partial charge < -0.3 is 9.67 Å². The number of nitrogens with zero attached hydrogens (tertiary/aromatic N) is 3. The van der Waals surface area contributed by atoms with E-state index in [-0.39, 0.29) is 6.42 Å². The van der Waals surface area contributed by atoms with E-state index in [2.05, 4.69) is 9.88 Å². The van der Waals surface area contributed by atoms with Gasteiger partial charge in [-0.05, 0) is 12.8 Å². The van der Waals surface area contributed by atoms with E-state index in [9.17, 15) is 4.79 Å². The van der Waals surface area contributed by atoms with Crippen LogP contribution < -0.4 is 0 Å². The van der Waals surface area contributed by atoms with Gasteiger partial charge in [-0.3, -0.25) is 9.69 Å². The molecule has 1 fully saturated rings. The summed E-state index contributed by atoms with van der Waals surface area (Å²) in [5, 5.41) is 8.67. The average Bonchev–Trinajstić information content (AvgIpc) is 2.95. The Kier molecular flexibility index (Phi) is 3.56. The minimum Gasteiger partial charge on any atom is -0.481 e. The lowest BCUT2D eigenvalue weighted by molar-refractivity contribution is -0.137. The van der Waals surface area contributed by atoms with Crippen LogP contribution in [0.1, 0.15) is 19.3 Å². The Hall–Kier alpha value is -1.36. The minimum absolute atomic E-state index is 0.237. The summed E-state index contributed by atoms with van der Waals surface area (Å²) in [6.45, 7) is 2.46. The Bertz CT molecular complexity index is 333. The van der Waals surface area contributed by atoms with Gasteiger partial charge >= 0.3 is 5.97 Å². The molecule has 0 aliphatic heterocycles. The van der Waals surface area contributed by atoms with Crippen LogP contribution in [0.15, 0.2) is 18.7 Å². The van der Waals surface area contributed by atoms with Crippen molar-refractivity contribution >= 4 is 5.97 Å². The number of aromatic nitrogens is 2. The molecule has 1 aliphatic rings. The van der Waals surface area contributed by atoms with E-state index in [1.165, 1.54) is 12.8 Å². The first-order chi connectivity index (χ1) is 7.75. The van der Waals surface area contributed by atoms with Gasteiger partial charge in [0, 0.05) is 38.1 Å². The molecule has 0 amide bonds. The van der Waals surface area contributed by atoms with E-state index >= 15 is 0 Å². The van der Waals surface area contributed by atoms with Crippen molar-refractivity contribution in [3.05, 3.63) is 18.7 Å². The number of aliphatic carboxylic acids is 1. The molecule has 1 aliphatic carbocycles. The molecule has 1 N–H and O–H groups in total. The van der Waals surface area contributed by atoms with Crippen LogP contribution in [0, 0.1) is 0 Å². The molecule has 0 bridgehead atoms. The number of carboxylic acids is 1. The highest BCUT2D eigenvalue weighted by atomic mass is 16.4. The highest BCUT2D eigenvalue weighted by Gasteiger charge is 2.28. The summed E-state index contributed by atoms with van der Waals surface area (Å²) in [5.41, 5.74) is 0. The topological polar surface area (TPSA) is 58.4 Å². The maximum Gasteiger partial charge on any atom is 0.304 e. The second-order valence-corrected chi connectivity index (χ2v) is 4.21. The quantitative estimate of drug-likeness (QED) is 0.743. The summed E-state index contributed by atoms with van der Waals surface area (Å²) in [5.74, 6) is -0.715. The molecule has 16 heavy (non-hydrogen) atoms. The largest absolute Gasteiger partial charge is 0.481 e. The van der Waals surface area contributed by atoms with E-state index in [0.717, 1.165) is 13.1 Å². The van der Waals surface area contributed by atoms with E-state index in [4.69, 9.17) is 5.11 Å². The monoisotopic (exact) mass is 223 g/mol. The standard InChI is InChI=1S/C11H17N3O2/c15-11(16)3-5-14(10-1-2-10)8-7-13-6-4-12-9-13/h4,6,9-10H,1-3,5,7-8H2,(H,15,16). The predicted molar refractivity (Wildman–Crippen MR) is 59.1 cm³/mol. The third-order valence-corrected chi connectivity index (χ3v) is 2.88. The summed E-state index contributed by atoms with van der Waals surface area (Å²) in [6.07, 6.45) is 8.15. The van der Waals surface area contributed by atoms with Crippen molar-refractivity contribution in [1.82, 2.24) is 14.5 Å². The van der Waals surface area contributed by atoms with Crippen LogP contribution in [0.2, 0.25) is 0 Å². The molecular formula is C11H17N3O2. The van der Waals surface area contributed by atoms with E-state index in [0.29, 0.717) is 12.6 Å². The summed E-state index contributed by atoms with van der Waals surface area (Å²) in [7, 11) is 0. The molecule has 0 unspecified atom stereocenters. The fourth-order valence-electron chi connectivity index (χ4n) is 1.82. The molecule has 1 saturated carbocycles. The number of imidazole rings is 1. The Morgan fingerprint density at radius 1 is 1.50 bits per heavy atom. The first-order valence-electron chi connectivity index (χ1n) is 5.67. The van der Waals surface area contributed by atoms with Crippen LogP contribution in [0.3, 0.4) is 0 Å². The van der Waals surface area contributed by atoms with Gasteiger partial charge in [-0.2, -0.15) is 0 Å². The second kappa shape index (κ2) is 5.12. The van der Waals surface area contributed by atoms with Crippen LogP contribution >= 0.6 is 0 Å². The molecule has 0 radical (unpaired) electrons. The van der Waals surface area contributed by atoms with Crippen molar-refractivity contribution in [2.45, 2.75) is 31.8 Å². The lowest BCUT2D eigenvalue weighted by Gasteiger charge is -2.21. The van der Waals surface area contributed by atoms with Crippen molar-refractivity contribution in [1.29, 1.82) is 0 Å². The maximum atomic E-state index is 10.5. The van der Waals surface area contributed by atoms with Gasteiger partial charge in [-0.15, -0.1) is 0 Å². The SMILES string of the molecule is O=C(O)CCN(CCn1ccnc1)C1CC1. The molecule has 5 heteroatoms. The van der Waals surface area contributed by atoms with Crippen LogP contribution in [-0.2, 0) is 11.3 Å². The van der Waals surface area contributed by atoms with Gasteiger partial charge in [0.05, 0.1) is 12.7 Å². The van der Waals surface area contributed by atoms with Crippen molar-refractivity contribution in [3.63, 3.8) is 0 Å². The molecule has 0 aromatic carbocycles. The zero-order valence-electron chi connectivity index (χ0n) is 9.25. The zero-order chi connectivity index (χ0) is 11.4. The molecule has 2 rings (SSSR count). The van der Waals surface area contributed by atoms with Gasteiger partial charge in [-0.1, -0.05) is 0 Å². The maximum absolute atomic E-state index is 10.5. The number of rotatable bonds is 7. The summed E-state index contributed by atoms with van der Waals surface area (Å²) >= 11 is 0. The van der Waals surface area contributed by atoms with Gasteiger partial charge in [0.2, 0.25) is 0 Å². The first-order valence-corrected chi connectivity index (χ1v) is 5.67. The minimum atomic E-state index is -0.715. The molecule has 5 nitrogen and oxygen atoms in total. The number of hydrogen-bond donors (Lipinski definition) is 1. The molecule has 1 heterocycles. The highest BCUT2D eigenvalue weighted by Crippen LogP contribution is 2.26. The van der Waals surface area contributed by atoms with Gasteiger partial charge in [0.1, 0.15) is 0 Å². The first kappa shape index (κ1) is 11.1. The Morgan fingerprint density at radius 2 is 2.31 bits per heavy atom. The van der Waals surface area contributed by atoms with Crippen LogP contribution in [0.4, 0.5) is 0 Å². The van der Waals surface area contributed by atoms with Crippen molar-refractivity contribution in [3.8, 4) is 0 Å². The number of carboxylic acid groups (broad SMARTS) is 1. The van der Waals surface area contributed by atoms with Crippen LogP contribution in [-0.4, -0.2) is 44.7 Å². The smallest absolute Gasteiger partial charge is 0.304 e. The molecule has 0 spiro atoms. The second-order valence-electron chi connectivity index (χ2n) is 4.21. The zero-order valence-corrected chi connectivity index (χ0v) is 9.25. The molecular weight excluding hydrogens is 206 g/mol. The fraction of sp³-hybridized carbons (Fsp3) is 0.636. The normalized spacial score (nSPS) is 15.6. The lowest BCUT2D eigenvalue weighted by atomic mass is 10.3. The third kappa shape index (κ3) is 3.34. The average molecular weight is 223 g/mol.